The second-order valence-corrected chi connectivity index (χ2v) is 4.98. The highest BCUT2D eigenvalue weighted by Crippen LogP contribution is 2.21. The molecule has 3 nitrogen and oxygen atoms in total. The number of aliphatic hydroxyl groups is 1. The lowest BCUT2D eigenvalue weighted by Crippen LogP contribution is -2.14. The molecule has 0 saturated heterocycles. The molecule has 2 aromatic rings. The molecule has 0 heterocycles. The third kappa shape index (κ3) is 4.00. The van der Waals surface area contributed by atoms with Gasteiger partial charge in [-0.3, -0.25) is 0 Å². The first-order chi connectivity index (χ1) is 10.1. The molecular formula is C16H16FNO2S. The largest absolute Gasteiger partial charge is 0.489 e. The molecule has 0 saturated carbocycles. The van der Waals surface area contributed by atoms with Gasteiger partial charge in [-0.15, -0.1) is 0 Å². The first-order valence-corrected chi connectivity index (χ1v) is 6.92. The van der Waals surface area contributed by atoms with Crippen LogP contribution in [0.5, 0.6) is 5.75 Å². The monoisotopic (exact) mass is 305 g/mol. The number of para-hydroxylation sites is 1. The summed E-state index contributed by atoms with van der Waals surface area (Å²) in [5.41, 5.74) is 7.73. The minimum absolute atomic E-state index is 0.0402. The van der Waals surface area contributed by atoms with Crippen LogP contribution in [0, 0.1) is 5.82 Å². The zero-order chi connectivity index (χ0) is 15.2. The van der Waals surface area contributed by atoms with Crippen LogP contribution < -0.4 is 10.5 Å². The van der Waals surface area contributed by atoms with E-state index in [9.17, 15) is 4.39 Å². The van der Waals surface area contributed by atoms with Crippen molar-refractivity contribution in [3.63, 3.8) is 0 Å². The first kappa shape index (κ1) is 15.4. The molecule has 3 N–H and O–H groups in total. The van der Waals surface area contributed by atoms with Gasteiger partial charge in [0.1, 0.15) is 23.2 Å². The fourth-order valence-corrected chi connectivity index (χ4v) is 2.25. The molecule has 0 unspecified atom stereocenters. The van der Waals surface area contributed by atoms with Crippen molar-refractivity contribution >= 4 is 17.2 Å². The van der Waals surface area contributed by atoms with Gasteiger partial charge in [0.2, 0.25) is 0 Å². The maximum absolute atomic E-state index is 13.4. The molecular weight excluding hydrogens is 289 g/mol. The quantitative estimate of drug-likeness (QED) is 0.805. The molecule has 110 valence electrons. The molecule has 0 aliphatic heterocycles. The summed E-state index contributed by atoms with van der Waals surface area (Å²) < 4.78 is 19.1. The summed E-state index contributed by atoms with van der Waals surface area (Å²) in [6, 6.07) is 11.6. The molecule has 0 fully saturated rings. The Kier molecular flexibility index (Phi) is 5.25. The lowest BCUT2D eigenvalue weighted by atomic mass is 10.1. The molecule has 2 rings (SSSR count). The Bertz CT molecular complexity index is 646. The van der Waals surface area contributed by atoms with Gasteiger partial charge in [0.05, 0.1) is 0 Å². The Morgan fingerprint density at radius 2 is 1.95 bits per heavy atom. The van der Waals surface area contributed by atoms with E-state index in [-0.39, 0.29) is 24.0 Å². The fourth-order valence-electron chi connectivity index (χ4n) is 2.05. The number of thiocarbonyl (C=S) groups is 1. The van der Waals surface area contributed by atoms with Crippen molar-refractivity contribution in [2.45, 2.75) is 13.0 Å². The van der Waals surface area contributed by atoms with E-state index in [4.69, 9.17) is 27.8 Å². The van der Waals surface area contributed by atoms with E-state index in [1.807, 2.05) is 24.3 Å². The average molecular weight is 305 g/mol. The number of ether oxygens (including phenoxy) is 1. The molecule has 21 heavy (non-hydrogen) atoms. The molecule has 2 aromatic carbocycles. The maximum Gasteiger partial charge on any atom is 0.123 e. The zero-order valence-corrected chi connectivity index (χ0v) is 12.2. The van der Waals surface area contributed by atoms with Crippen LogP contribution in [0.25, 0.3) is 0 Å². The van der Waals surface area contributed by atoms with E-state index in [0.29, 0.717) is 23.3 Å². The van der Waals surface area contributed by atoms with E-state index in [1.54, 1.807) is 6.07 Å². The molecule has 0 amide bonds. The van der Waals surface area contributed by atoms with Crippen LogP contribution in [0.1, 0.15) is 16.7 Å². The van der Waals surface area contributed by atoms with Gasteiger partial charge in [0, 0.05) is 17.7 Å². The van der Waals surface area contributed by atoms with Gasteiger partial charge in [-0.2, -0.15) is 0 Å². The molecule has 0 aromatic heterocycles. The van der Waals surface area contributed by atoms with Crippen molar-refractivity contribution in [2.24, 2.45) is 5.73 Å². The summed E-state index contributed by atoms with van der Waals surface area (Å²) in [6.07, 6.45) is 0.501. The summed E-state index contributed by atoms with van der Waals surface area (Å²) in [5, 5.41) is 9.04. The van der Waals surface area contributed by atoms with Crippen LogP contribution >= 0.6 is 12.2 Å². The number of nitrogens with two attached hydrogens (primary N) is 1. The van der Waals surface area contributed by atoms with Crippen molar-refractivity contribution in [1.29, 1.82) is 0 Å². The van der Waals surface area contributed by atoms with Crippen LogP contribution in [0.4, 0.5) is 4.39 Å². The number of benzene rings is 2. The number of aliphatic hydroxyl groups excluding tert-OH is 1. The Morgan fingerprint density at radius 3 is 2.67 bits per heavy atom. The number of hydrogen-bond donors (Lipinski definition) is 2. The van der Waals surface area contributed by atoms with E-state index in [0.717, 1.165) is 5.56 Å². The van der Waals surface area contributed by atoms with E-state index in [2.05, 4.69) is 0 Å². The third-order valence-electron chi connectivity index (χ3n) is 3.07. The van der Waals surface area contributed by atoms with Crippen molar-refractivity contribution < 1.29 is 14.2 Å². The highest BCUT2D eigenvalue weighted by Gasteiger charge is 2.09. The molecule has 0 bridgehead atoms. The van der Waals surface area contributed by atoms with Gasteiger partial charge < -0.3 is 15.6 Å². The Balaban J connectivity index is 2.20. The molecule has 0 atom stereocenters. The van der Waals surface area contributed by atoms with Crippen molar-refractivity contribution in [3.05, 3.63) is 65.0 Å². The SMILES string of the molecule is NC(=S)c1ccc(F)cc1COc1ccccc1CCO. The van der Waals surface area contributed by atoms with Gasteiger partial charge in [-0.1, -0.05) is 30.4 Å². The van der Waals surface area contributed by atoms with Crippen molar-refractivity contribution in [2.75, 3.05) is 6.61 Å². The van der Waals surface area contributed by atoms with Crippen LogP contribution in [0.15, 0.2) is 42.5 Å². The van der Waals surface area contributed by atoms with Crippen LogP contribution in [0.2, 0.25) is 0 Å². The number of rotatable bonds is 6. The van der Waals surface area contributed by atoms with E-state index in [1.165, 1.54) is 12.1 Å². The fraction of sp³-hybridized carbons (Fsp3) is 0.188. The Morgan fingerprint density at radius 1 is 1.19 bits per heavy atom. The predicted octanol–water partition coefficient (Wildman–Crippen LogP) is 2.57. The summed E-state index contributed by atoms with van der Waals surface area (Å²) in [5.74, 6) is 0.293. The van der Waals surface area contributed by atoms with Crippen molar-refractivity contribution in [1.82, 2.24) is 0 Å². The maximum atomic E-state index is 13.4. The van der Waals surface area contributed by atoms with E-state index < -0.39 is 0 Å². The second-order valence-electron chi connectivity index (χ2n) is 4.54. The summed E-state index contributed by atoms with van der Waals surface area (Å²) >= 11 is 4.96. The molecule has 0 aliphatic carbocycles. The predicted molar refractivity (Wildman–Crippen MR) is 83.9 cm³/mol. The molecule has 0 spiro atoms. The van der Waals surface area contributed by atoms with Gasteiger partial charge >= 0.3 is 0 Å². The lowest BCUT2D eigenvalue weighted by Gasteiger charge is -2.13. The lowest BCUT2D eigenvalue weighted by molar-refractivity contribution is 0.283. The topological polar surface area (TPSA) is 55.5 Å². The first-order valence-electron chi connectivity index (χ1n) is 6.51. The Hall–Kier alpha value is -1.98. The van der Waals surface area contributed by atoms with Gasteiger partial charge in [0.15, 0.2) is 0 Å². The smallest absolute Gasteiger partial charge is 0.123 e. The summed E-state index contributed by atoms with van der Waals surface area (Å²) in [7, 11) is 0. The second kappa shape index (κ2) is 7.15. The minimum atomic E-state index is -0.364. The third-order valence-corrected chi connectivity index (χ3v) is 3.29. The Labute approximate surface area is 128 Å². The van der Waals surface area contributed by atoms with Crippen LogP contribution in [-0.2, 0) is 13.0 Å². The summed E-state index contributed by atoms with van der Waals surface area (Å²) in [6.45, 7) is 0.200. The molecule has 5 heteroatoms. The highest BCUT2D eigenvalue weighted by molar-refractivity contribution is 7.80. The van der Waals surface area contributed by atoms with Gasteiger partial charge in [0.25, 0.3) is 0 Å². The average Bonchev–Trinajstić information content (AvgIpc) is 2.46. The van der Waals surface area contributed by atoms with Gasteiger partial charge in [-0.05, 0) is 36.2 Å². The summed E-state index contributed by atoms with van der Waals surface area (Å²) in [4.78, 5) is 0.206. The number of halogens is 1. The van der Waals surface area contributed by atoms with Crippen molar-refractivity contribution in [3.8, 4) is 5.75 Å². The van der Waals surface area contributed by atoms with Crippen LogP contribution in [0.3, 0.4) is 0 Å². The molecule has 0 aliphatic rings. The van der Waals surface area contributed by atoms with Crippen LogP contribution in [-0.4, -0.2) is 16.7 Å². The standard InChI is InChI=1S/C16H16FNO2S/c17-13-5-6-14(16(18)21)12(9-13)10-20-15-4-2-1-3-11(15)7-8-19/h1-6,9,19H,7-8,10H2,(H2,18,21). The van der Waals surface area contributed by atoms with E-state index >= 15 is 0 Å². The van der Waals surface area contributed by atoms with Gasteiger partial charge in [-0.25, -0.2) is 4.39 Å². The normalized spacial score (nSPS) is 10.4. The number of hydrogen-bond acceptors (Lipinski definition) is 3. The zero-order valence-electron chi connectivity index (χ0n) is 11.4. The minimum Gasteiger partial charge on any atom is -0.489 e. The molecule has 0 radical (unpaired) electrons. The highest BCUT2D eigenvalue weighted by atomic mass is 32.1.